The Morgan fingerprint density at radius 1 is 0.952 bits per heavy atom. The molecule has 1 aromatic heterocycles. The molecule has 1 N–H and O–H groups in total. The third kappa shape index (κ3) is 4.15. The molecule has 3 aromatic carbocycles. The van der Waals surface area contributed by atoms with E-state index in [4.69, 9.17) is 16.3 Å². The zero-order valence-corrected chi connectivity index (χ0v) is 26.0. The van der Waals surface area contributed by atoms with Gasteiger partial charge in [0.25, 0.3) is 0 Å². The predicted octanol–water partition coefficient (Wildman–Crippen LogP) is 7.11. The highest BCUT2D eigenvalue weighted by atomic mass is 79.9. The smallest absolute Gasteiger partial charge is 0.305 e. The number of aromatic amines is 1. The van der Waals surface area contributed by atoms with Crippen LogP contribution in [0.1, 0.15) is 28.3 Å². The number of halogens is 2. The highest BCUT2D eigenvalue weighted by Gasteiger charge is 2.69. The number of thiazole rings is 1. The number of hydrogen-bond donors (Lipinski definition) is 1. The molecule has 2 aliphatic carbocycles. The Hall–Kier alpha value is -2.85. The maximum atomic E-state index is 13.9. The van der Waals surface area contributed by atoms with Gasteiger partial charge in [0.05, 0.1) is 22.5 Å². The zero-order valence-electron chi connectivity index (χ0n) is 22.0. The van der Waals surface area contributed by atoms with E-state index in [2.05, 4.69) is 33.0 Å². The third-order valence-corrected chi connectivity index (χ3v) is 12.7. The van der Waals surface area contributed by atoms with E-state index in [0.29, 0.717) is 17.3 Å². The van der Waals surface area contributed by atoms with E-state index in [1.165, 1.54) is 16.2 Å². The SMILES string of the molecule is O=C1[C@H]2[C@H]3C[C@@H]([C@@H]2C(=O)N1c1ccc(Br)cc1)[C@H]1[C@H](c2ccc(OCc4cccc(Cl)c4)cc2)c2sc(=O)[nH]c2S[C@H]31. The lowest BCUT2D eigenvalue weighted by atomic mass is 9.68. The van der Waals surface area contributed by atoms with E-state index >= 15 is 0 Å². The first-order chi connectivity index (χ1) is 20.4. The van der Waals surface area contributed by atoms with Crippen LogP contribution in [0, 0.1) is 29.6 Å². The lowest BCUT2D eigenvalue weighted by molar-refractivity contribution is -0.123. The van der Waals surface area contributed by atoms with Gasteiger partial charge >= 0.3 is 4.87 Å². The average Bonchev–Trinajstić information content (AvgIpc) is 3.72. The molecule has 0 spiro atoms. The van der Waals surface area contributed by atoms with Crippen molar-refractivity contribution in [1.82, 2.24) is 4.98 Å². The van der Waals surface area contributed by atoms with Crippen molar-refractivity contribution in [3.05, 3.63) is 108 Å². The second-order valence-corrected chi connectivity index (χ2v) is 15.0. The molecule has 0 radical (unpaired) electrons. The number of ether oxygens (including phenoxy) is 1. The largest absolute Gasteiger partial charge is 0.489 e. The Labute approximate surface area is 263 Å². The van der Waals surface area contributed by atoms with Crippen molar-refractivity contribution in [2.45, 2.75) is 29.2 Å². The van der Waals surface area contributed by atoms with Crippen LogP contribution in [0.15, 0.2) is 87.1 Å². The van der Waals surface area contributed by atoms with Gasteiger partial charge in [-0.25, -0.2) is 0 Å². The number of nitrogens with one attached hydrogen (secondary N) is 1. The van der Waals surface area contributed by atoms with Crippen molar-refractivity contribution in [2.75, 3.05) is 4.90 Å². The van der Waals surface area contributed by atoms with Crippen LogP contribution in [0.3, 0.4) is 0 Å². The fourth-order valence-electron chi connectivity index (χ4n) is 7.80. The molecule has 1 saturated heterocycles. The number of carbonyl (C=O) groups excluding carboxylic acids is 2. The van der Waals surface area contributed by atoms with Gasteiger partial charge in [-0.3, -0.25) is 19.3 Å². The molecule has 2 aliphatic heterocycles. The number of carbonyl (C=O) groups is 2. The van der Waals surface area contributed by atoms with Gasteiger partial charge in [0.2, 0.25) is 11.8 Å². The Kier molecular flexibility index (Phi) is 6.44. The Morgan fingerprint density at radius 3 is 2.43 bits per heavy atom. The topological polar surface area (TPSA) is 79.5 Å². The number of H-pyrrole nitrogens is 1. The van der Waals surface area contributed by atoms with E-state index in [1.807, 2.05) is 60.7 Å². The van der Waals surface area contributed by atoms with Crippen molar-refractivity contribution in [2.24, 2.45) is 29.6 Å². The molecule has 3 heterocycles. The molecule has 7 atom stereocenters. The quantitative estimate of drug-likeness (QED) is 0.228. The molecular formula is C32H24BrClN2O4S2. The van der Waals surface area contributed by atoms with Gasteiger partial charge in [-0.2, -0.15) is 0 Å². The average molecular weight is 680 g/mol. The molecule has 4 aliphatic rings. The number of rotatable bonds is 5. The van der Waals surface area contributed by atoms with Crippen LogP contribution in [0.4, 0.5) is 5.69 Å². The minimum atomic E-state index is -0.326. The summed E-state index contributed by atoms with van der Waals surface area (Å²) in [6.45, 7) is 0.409. The summed E-state index contributed by atoms with van der Waals surface area (Å²) in [4.78, 5) is 45.7. The van der Waals surface area contributed by atoms with Crippen molar-refractivity contribution < 1.29 is 14.3 Å². The van der Waals surface area contributed by atoms with Crippen LogP contribution >= 0.6 is 50.6 Å². The first-order valence-electron chi connectivity index (χ1n) is 13.9. The van der Waals surface area contributed by atoms with Crippen LogP contribution < -0.4 is 14.5 Å². The van der Waals surface area contributed by atoms with Gasteiger partial charge < -0.3 is 9.72 Å². The van der Waals surface area contributed by atoms with Gasteiger partial charge in [0.1, 0.15) is 12.4 Å². The number of fused-ring (bicyclic) bond motifs is 9. The Bertz CT molecular complexity index is 1790. The summed E-state index contributed by atoms with van der Waals surface area (Å²) in [7, 11) is 0. The second kappa shape index (κ2) is 10.1. The van der Waals surface area contributed by atoms with E-state index < -0.39 is 0 Å². The standard InChI is InChI=1S/C32H24BrClN2O4S2/c33-17-6-8-19(9-7-17)36-30(37)25-21-13-22(26(25)31(36)38)27-24(21)23(28-29(41-27)35-32(39)42-28)16-4-10-20(11-5-16)40-14-15-2-1-3-18(34)12-15/h1-12,21-27H,13-14H2,(H,35,39)/t21-,22-,23+,24+,25+,26+,27-/m1/s1. The zero-order chi connectivity index (χ0) is 28.7. The monoisotopic (exact) mass is 678 g/mol. The fourth-order valence-corrected chi connectivity index (χ4v) is 11.2. The summed E-state index contributed by atoms with van der Waals surface area (Å²) in [5.74, 6) is 0.231. The summed E-state index contributed by atoms with van der Waals surface area (Å²) in [6.07, 6.45) is 0.861. The van der Waals surface area contributed by atoms with Crippen LogP contribution in [-0.4, -0.2) is 22.0 Å². The number of nitrogens with zero attached hydrogens (tertiary/aromatic N) is 1. The van der Waals surface area contributed by atoms with Crippen LogP contribution in [0.2, 0.25) is 5.02 Å². The van der Waals surface area contributed by atoms with Gasteiger partial charge in [-0.15, -0.1) is 11.8 Å². The van der Waals surface area contributed by atoms with Crippen molar-refractivity contribution in [3.63, 3.8) is 0 Å². The van der Waals surface area contributed by atoms with Crippen LogP contribution in [-0.2, 0) is 16.2 Å². The maximum Gasteiger partial charge on any atom is 0.305 e. The van der Waals surface area contributed by atoms with Gasteiger partial charge in [-0.1, -0.05) is 63.1 Å². The molecular weight excluding hydrogens is 656 g/mol. The molecule has 6 nitrogen and oxygen atoms in total. The minimum Gasteiger partial charge on any atom is -0.489 e. The van der Waals surface area contributed by atoms with Crippen molar-refractivity contribution in [3.8, 4) is 5.75 Å². The molecule has 42 heavy (non-hydrogen) atoms. The number of amides is 2. The molecule has 2 amide bonds. The lowest BCUT2D eigenvalue weighted by Crippen LogP contribution is -2.42. The molecule has 3 fully saturated rings. The maximum absolute atomic E-state index is 13.9. The Morgan fingerprint density at radius 2 is 1.69 bits per heavy atom. The molecule has 0 unspecified atom stereocenters. The van der Waals surface area contributed by atoms with Crippen LogP contribution in [0.5, 0.6) is 5.75 Å². The Balaban J connectivity index is 1.11. The third-order valence-electron chi connectivity index (χ3n) is 9.34. The van der Waals surface area contributed by atoms with Gasteiger partial charge in [-0.05, 0) is 83.8 Å². The van der Waals surface area contributed by atoms with Crippen molar-refractivity contribution in [1.29, 1.82) is 0 Å². The van der Waals surface area contributed by atoms with E-state index in [9.17, 15) is 14.4 Å². The van der Waals surface area contributed by atoms with E-state index in [1.54, 1.807) is 11.8 Å². The summed E-state index contributed by atoms with van der Waals surface area (Å²) in [5.41, 5.74) is 2.72. The summed E-state index contributed by atoms with van der Waals surface area (Å²) in [5, 5.41) is 1.73. The van der Waals surface area contributed by atoms with Crippen molar-refractivity contribution >= 4 is 68.1 Å². The lowest BCUT2D eigenvalue weighted by Gasteiger charge is -2.43. The fraction of sp³-hybridized carbons (Fsp3) is 0.281. The van der Waals surface area contributed by atoms with Gasteiger partial charge in [0.15, 0.2) is 0 Å². The second-order valence-electron chi connectivity index (χ2n) is 11.4. The first-order valence-corrected chi connectivity index (χ1v) is 16.7. The molecule has 2 bridgehead atoms. The minimum absolute atomic E-state index is 0.0298. The molecule has 212 valence electrons. The number of thioether (sulfide) groups is 1. The number of anilines is 1. The number of imide groups is 1. The number of benzene rings is 3. The number of aromatic nitrogens is 1. The number of hydrogen-bond acceptors (Lipinski definition) is 6. The summed E-state index contributed by atoms with van der Waals surface area (Å²) >= 11 is 12.5. The molecule has 4 aromatic rings. The normalized spacial score (nSPS) is 29.0. The highest BCUT2D eigenvalue weighted by Crippen LogP contribution is 2.68. The predicted molar refractivity (Wildman–Crippen MR) is 167 cm³/mol. The van der Waals surface area contributed by atoms with E-state index in [-0.39, 0.29) is 57.4 Å². The molecule has 8 rings (SSSR count). The van der Waals surface area contributed by atoms with Gasteiger partial charge in [0, 0.05) is 25.5 Å². The first kappa shape index (κ1) is 26.8. The summed E-state index contributed by atoms with van der Waals surface area (Å²) in [6, 6.07) is 23.1. The molecule has 10 heteroatoms. The molecule has 2 saturated carbocycles. The van der Waals surface area contributed by atoms with E-state index in [0.717, 1.165) is 37.7 Å². The van der Waals surface area contributed by atoms with Crippen LogP contribution in [0.25, 0.3) is 0 Å². The highest BCUT2D eigenvalue weighted by molar-refractivity contribution is 9.10. The summed E-state index contributed by atoms with van der Waals surface area (Å²) < 4.78 is 6.94.